The molecule has 5 rings (SSSR count). The lowest BCUT2D eigenvalue weighted by molar-refractivity contribution is 0.0252. The van der Waals surface area contributed by atoms with Crippen LogP contribution in [0, 0.1) is 0 Å². The molecule has 7 heteroatoms. The summed E-state index contributed by atoms with van der Waals surface area (Å²) < 4.78 is 5.59. The second kappa shape index (κ2) is 8.24. The fourth-order valence-corrected chi connectivity index (χ4v) is 5.77. The number of cyclic esters (lactones) is 1. The number of fused-ring (bicyclic) bond motifs is 2. The first kappa shape index (κ1) is 20.5. The molecule has 0 spiro atoms. The van der Waals surface area contributed by atoms with Crippen LogP contribution in [0.5, 0.6) is 0 Å². The predicted octanol–water partition coefficient (Wildman–Crippen LogP) is 4.43. The van der Waals surface area contributed by atoms with Gasteiger partial charge in [-0.3, -0.25) is 9.59 Å². The van der Waals surface area contributed by atoms with Gasteiger partial charge in [-0.25, -0.2) is 4.79 Å². The number of esters is 1. The topological polar surface area (TPSA) is 98.5 Å². The Bertz CT molecular complexity index is 1230. The summed E-state index contributed by atoms with van der Waals surface area (Å²) >= 11 is 1.43. The molecule has 162 valence electrons. The van der Waals surface area contributed by atoms with Crippen molar-refractivity contribution in [1.82, 2.24) is 0 Å². The van der Waals surface area contributed by atoms with E-state index in [9.17, 15) is 14.4 Å². The maximum atomic E-state index is 13.0. The molecule has 2 aromatic carbocycles. The van der Waals surface area contributed by atoms with Crippen LogP contribution >= 0.6 is 11.3 Å². The van der Waals surface area contributed by atoms with Crippen molar-refractivity contribution in [3.8, 4) is 0 Å². The number of aryl methyl sites for hydroxylation is 1. The van der Waals surface area contributed by atoms with E-state index in [-0.39, 0.29) is 12.0 Å². The maximum absolute atomic E-state index is 13.0. The second-order valence-corrected chi connectivity index (χ2v) is 9.22. The molecule has 0 saturated heterocycles. The number of rotatable bonds is 4. The van der Waals surface area contributed by atoms with Gasteiger partial charge in [-0.1, -0.05) is 30.3 Å². The lowest BCUT2D eigenvalue weighted by atomic mass is 9.93. The Morgan fingerprint density at radius 1 is 1.06 bits per heavy atom. The summed E-state index contributed by atoms with van der Waals surface area (Å²) in [4.78, 5) is 38.8. The van der Waals surface area contributed by atoms with Gasteiger partial charge in [0.1, 0.15) is 11.1 Å². The van der Waals surface area contributed by atoms with Crippen LogP contribution in [0.15, 0.2) is 48.5 Å². The van der Waals surface area contributed by atoms with Crippen LogP contribution in [0.4, 0.5) is 5.00 Å². The Kier molecular flexibility index (Phi) is 5.27. The van der Waals surface area contributed by atoms with Gasteiger partial charge >= 0.3 is 5.97 Å². The Morgan fingerprint density at radius 3 is 2.62 bits per heavy atom. The van der Waals surface area contributed by atoms with E-state index in [1.54, 1.807) is 18.2 Å². The van der Waals surface area contributed by atoms with Gasteiger partial charge in [0.2, 0.25) is 0 Å². The Morgan fingerprint density at radius 2 is 1.84 bits per heavy atom. The summed E-state index contributed by atoms with van der Waals surface area (Å²) in [5.74, 6) is -1.24. The molecule has 1 atom stereocenters. The number of amides is 2. The van der Waals surface area contributed by atoms with Crippen molar-refractivity contribution in [2.45, 2.75) is 38.2 Å². The summed E-state index contributed by atoms with van der Waals surface area (Å²) in [6.45, 7) is 0. The number of ether oxygens (including phenoxy) is 1. The van der Waals surface area contributed by atoms with Crippen molar-refractivity contribution >= 4 is 34.1 Å². The number of carbonyl (C=O) groups is 3. The molecule has 1 aliphatic heterocycles. The number of hydrogen-bond donors (Lipinski definition) is 2. The molecule has 0 saturated carbocycles. The van der Waals surface area contributed by atoms with Crippen LogP contribution in [0.3, 0.4) is 0 Å². The highest BCUT2D eigenvalue weighted by molar-refractivity contribution is 7.17. The van der Waals surface area contributed by atoms with Crippen LogP contribution in [0.25, 0.3) is 0 Å². The number of hydrogen-bond acceptors (Lipinski definition) is 5. The molecule has 2 heterocycles. The number of carbonyl (C=O) groups excluding carboxylic acids is 3. The van der Waals surface area contributed by atoms with E-state index in [1.165, 1.54) is 11.3 Å². The van der Waals surface area contributed by atoms with Gasteiger partial charge < -0.3 is 15.8 Å². The van der Waals surface area contributed by atoms with E-state index in [1.807, 2.05) is 30.3 Å². The highest BCUT2D eigenvalue weighted by Gasteiger charge is 2.29. The summed E-state index contributed by atoms with van der Waals surface area (Å²) in [6, 6.07) is 14.5. The molecule has 1 aromatic heterocycles. The minimum absolute atomic E-state index is 0.330. The van der Waals surface area contributed by atoms with Crippen molar-refractivity contribution < 1.29 is 19.1 Å². The molecular formula is C25H22N2O4S. The Hall–Kier alpha value is -3.45. The predicted molar refractivity (Wildman–Crippen MR) is 122 cm³/mol. The van der Waals surface area contributed by atoms with E-state index in [2.05, 4.69) is 5.32 Å². The third-order valence-corrected chi connectivity index (χ3v) is 7.27. The zero-order chi connectivity index (χ0) is 22.2. The first-order chi connectivity index (χ1) is 15.5. The largest absolute Gasteiger partial charge is 0.454 e. The smallest absolute Gasteiger partial charge is 0.339 e. The number of nitrogens with two attached hydrogens (primary N) is 1. The van der Waals surface area contributed by atoms with Crippen molar-refractivity contribution in [2.24, 2.45) is 5.73 Å². The number of anilines is 1. The maximum Gasteiger partial charge on any atom is 0.339 e. The first-order valence-electron chi connectivity index (χ1n) is 10.7. The molecule has 32 heavy (non-hydrogen) atoms. The zero-order valence-corrected chi connectivity index (χ0v) is 18.2. The van der Waals surface area contributed by atoms with Gasteiger partial charge in [-0.2, -0.15) is 0 Å². The van der Waals surface area contributed by atoms with Gasteiger partial charge in [-0.15, -0.1) is 11.3 Å². The Labute approximate surface area is 189 Å². The molecule has 1 aliphatic carbocycles. The van der Waals surface area contributed by atoms with Crippen molar-refractivity contribution in [1.29, 1.82) is 0 Å². The van der Waals surface area contributed by atoms with Crippen LogP contribution in [0.1, 0.15) is 71.6 Å². The normalized spacial score (nSPS) is 17.1. The molecule has 6 nitrogen and oxygen atoms in total. The molecule has 2 aliphatic rings. The molecule has 3 aromatic rings. The fraction of sp³-hybridized carbons (Fsp3) is 0.240. The molecule has 0 bridgehead atoms. The van der Waals surface area contributed by atoms with Crippen molar-refractivity contribution in [2.75, 3.05) is 5.32 Å². The lowest BCUT2D eigenvalue weighted by Gasteiger charge is -2.25. The van der Waals surface area contributed by atoms with E-state index >= 15 is 0 Å². The summed E-state index contributed by atoms with van der Waals surface area (Å²) in [5, 5.41) is 3.40. The molecule has 0 radical (unpaired) electrons. The quantitative estimate of drug-likeness (QED) is 0.579. The minimum atomic E-state index is -0.515. The van der Waals surface area contributed by atoms with Crippen molar-refractivity contribution in [3.05, 3.63) is 86.8 Å². The van der Waals surface area contributed by atoms with Gasteiger partial charge in [0, 0.05) is 16.9 Å². The molecule has 2 amide bonds. The third kappa shape index (κ3) is 3.69. The highest BCUT2D eigenvalue weighted by Crippen LogP contribution is 2.38. The van der Waals surface area contributed by atoms with Crippen LogP contribution in [-0.4, -0.2) is 17.8 Å². The summed E-state index contributed by atoms with van der Waals surface area (Å²) in [5.41, 5.74) is 9.62. The number of thiophene rings is 1. The average Bonchev–Trinajstić information content (AvgIpc) is 3.17. The van der Waals surface area contributed by atoms with Crippen LogP contribution in [0.2, 0.25) is 0 Å². The molecular weight excluding hydrogens is 424 g/mol. The fourth-order valence-electron chi connectivity index (χ4n) is 4.48. The monoisotopic (exact) mass is 446 g/mol. The average molecular weight is 447 g/mol. The SMILES string of the molecule is NC(=O)c1c(NC(=O)c2ccc3c(c2)C[C@H](c2ccccc2)OC3=O)sc2c1CCCC2. The number of benzene rings is 2. The highest BCUT2D eigenvalue weighted by atomic mass is 32.1. The van der Waals surface area contributed by atoms with Crippen LogP contribution in [-0.2, 0) is 24.0 Å². The number of primary amides is 1. The minimum Gasteiger partial charge on any atom is -0.454 e. The van der Waals surface area contributed by atoms with E-state index in [4.69, 9.17) is 10.5 Å². The molecule has 3 N–H and O–H groups in total. The number of nitrogens with one attached hydrogen (secondary N) is 1. The summed E-state index contributed by atoms with van der Waals surface area (Å²) in [7, 11) is 0. The molecule has 0 unspecified atom stereocenters. The van der Waals surface area contributed by atoms with Crippen molar-refractivity contribution in [3.63, 3.8) is 0 Å². The lowest BCUT2D eigenvalue weighted by Crippen LogP contribution is -2.23. The first-order valence-corrected chi connectivity index (χ1v) is 11.5. The van der Waals surface area contributed by atoms with E-state index in [0.717, 1.165) is 47.3 Å². The van der Waals surface area contributed by atoms with E-state index in [0.29, 0.717) is 28.1 Å². The van der Waals surface area contributed by atoms with Gasteiger partial charge in [0.05, 0.1) is 11.1 Å². The molecule has 0 fully saturated rings. The zero-order valence-electron chi connectivity index (χ0n) is 17.4. The summed E-state index contributed by atoms with van der Waals surface area (Å²) in [6.07, 6.45) is 3.90. The Balaban J connectivity index is 1.42. The van der Waals surface area contributed by atoms with Crippen LogP contribution < -0.4 is 11.1 Å². The standard InChI is InChI=1S/C25H22N2O4S/c26-22(28)21-18-8-4-5-9-20(18)32-24(21)27-23(29)15-10-11-17-16(12-15)13-19(31-25(17)30)14-6-2-1-3-7-14/h1-3,6-7,10-12,19H,4-5,8-9,13H2,(H2,26,28)(H,27,29)/t19-/m1/s1. The third-order valence-electron chi connectivity index (χ3n) is 6.06. The van der Waals surface area contributed by atoms with Gasteiger partial charge in [-0.05, 0) is 60.6 Å². The van der Waals surface area contributed by atoms with E-state index < -0.39 is 11.9 Å². The van der Waals surface area contributed by atoms with Gasteiger partial charge in [0.25, 0.3) is 11.8 Å². The second-order valence-electron chi connectivity index (χ2n) is 8.11. The van der Waals surface area contributed by atoms with Gasteiger partial charge in [0.15, 0.2) is 0 Å².